The average molecular weight is 399 g/mol. The number of hydrogen-bond acceptors (Lipinski definition) is 4. The average Bonchev–Trinajstić information content (AvgIpc) is 2.41. The molecule has 1 saturated heterocycles. The third-order valence-corrected chi connectivity index (χ3v) is 6.24. The standard InChI is InChI=1S/C12H13BrClNO5S/c13-10-6-9(1-2-11(10)14)21(18,19)15-3-4-20-7-8(15)5-12(16)17/h1-2,6,8H,3-5,7H2,(H,16,17). The van der Waals surface area contributed by atoms with E-state index in [0.29, 0.717) is 9.50 Å². The van der Waals surface area contributed by atoms with Crippen LogP contribution in [0.3, 0.4) is 0 Å². The lowest BCUT2D eigenvalue weighted by Gasteiger charge is -2.33. The highest BCUT2D eigenvalue weighted by Gasteiger charge is 2.35. The molecule has 0 aliphatic carbocycles. The Hall–Kier alpha value is -0.670. The van der Waals surface area contributed by atoms with Crippen LogP contribution in [-0.2, 0) is 19.6 Å². The Morgan fingerprint density at radius 3 is 2.86 bits per heavy atom. The molecule has 0 radical (unpaired) electrons. The number of nitrogens with zero attached hydrogens (tertiary/aromatic N) is 1. The van der Waals surface area contributed by atoms with Crippen molar-refractivity contribution < 1.29 is 23.1 Å². The zero-order chi connectivity index (χ0) is 15.6. The Kier molecular flexibility index (Phi) is 5.26. The molecule has 0 saturated carbocycles. The van der Waals surface area contributed by atoms with Gasteiger partial charge in [-0.2, -0.15) is 4.31 Å². The zero-order valence-electron chi connectivity index (χ0n) is 10.8. The number of ether oxygens (including phenoxy) is 1. The second-order valence-electron chi connectivity index (χ2n) is 4.52. The zero-order valence-corrected chi connectivity index (χ0v) is 14.0. The van der Waals surface area contributed by atoms with Crippen LogP contribution in [0.4, 0.5) is 0 Å². The Balaban J connectivity index is 2.35. The first-order valence-electron chi connectivity index (χ1n) is 6.09. The summed E-state index contributed by atoms with van der Waals surface area (Å²) in [5.74, 6) is -1.07. The van der Waals surface area contributed by atoms with E-state index in [1.807, 2.05) is 0 Å². The Labute approximate surface area is 135 Å². The van der Waals surface area contributed by atoms with Crippen LogP contribution in [-0.4, -0.2) is 49.6 Å². The number of carboxylic acid groups (broad SMARTS) is 1. The van der Waals surface area contributed by atoms with Gasteiger partial charge in [-0.15, -0.1) is 0 Å². The molecule has 0 spiro atoms. The molecule has 1 aromatic carbocycles. The normalized spacial score (nSPS) is 20.4. The maximum Gasteiger partial charge on any atom is 0.305 e. The van der Waals surface area contributed by atoms with E-state index in [1.54, 1.807) is 0 Å². The van der Waals surface area contributed by atoms with Crippen LogP contribution in [0.25, 0.3) is 0 Å². The first-order chi connectivity index (χ1) is 9.82. The van der Waals surface area contributed by atoms with Crippen molar-refractivity contribution in [3.8, 4) is 0 Å². The van der Waals surface area contributed by atoms with Gasteiger partial charge in [0.2, 0.25) is 10.0 Å². The highest BCUT2D eigenvalue weighted by molar-refractivity contribution is 9.10. The molecule has 1 aliphatic heterocycles. The number of halogens is 2. The molecule has 1 heterocycles. The molecule has 9 heteroatoms. The van der Waals surface area contributed by atoms with Crippen molar-refractivity contribution in [3.05, 3.63) is 27.7 Å². The first kappa shape index (κ1) is 16.7. The SMILES string of the molecule is O=C(O)CC1COCCN1S(=O)(=O)c1ccc(Cl)c(Br)c1. The highest BCUT2D eigenvalue weighted by atomic mass is 79.9. The predicted molar refractivity (Wildman–Crippen MR) is 79.9 cm³/mol. The summed E-state index contributed by atoms with van der Waals surface area (Å²) < 4.78 is 32.1. The summed E-state index contributed by atoms with van der Waals surface area (Å²) in [5, 5.41) is 9.30. The van der Waals surface area contributed by atoms with Crippen LogP contribution in [0.2, 0.25) is 5.02 Å². The van der Waals surface area contributed by atoms with Crippen LogP contribution in [0.15, 0.2) is 27.6 Å². The number of morpholine rings is 1. The molecular weight excluding hydrogens is 386 g/mol. The van der Waals surface area contributed by atoms with E-state index in [0.717, 1.165) is 0 Å². The number of carbonyl (C=O) groups is 1. The fourth-order valence-corrected chi connectivity index (χ4v) is 4.36. The van der Waals surface area contributed by atoms with Gasteiger partial charge in [-0.05, 0) is 34.1 Å². The lowest BCUT2D eigenvalue weighted by Crippen LogP contribution is -2.49. The molecule has 0 bridgehead atoms. The Bertz CT molecular complexity index is 651. The van der Waals surface area contributed by atoms with Gasteiger partial charge >= 0.3 is 5.97 Å². The van der Waals surface area contributed by atoms with Gasteiger partial charge in [-0.25, -0.2) is 8.42 Å². The molecule has 0 amide bonds. The van der Waals surface area contributed by atoms with Gasteiger partial charge in [0.15, 0.2) is 0 Å². The minimum Gasteiger partial charge on any atom is -0.481 e. The number of benzene rings is 1. The Morgan fingerprint density at radius 2 is 2.24 bits per heavy atom. The minimum absolute atomic E-state index is 0.0658. The molecule has 1 N–H and O–H groups in total. The maximum absolute atomic E-state index is 12.7. The van der Waals surface area contributed by atoms with Crippen LogP contribution < -0.4 is 0 Å². The number of rotatable bonds is 4. The summed E-state index contributed by atoms with van der Waals surface area (Å²) in [5.41, 5.74) is 0. The molecule has 116 valence electrons. The summed E-state index contributed by atoms with van der Waals surface area (Å²) in [6.45, 7) is 0.435. The van der Waals surface area contributed by atoms with E-state index in [9.17, 15) is 13.2 Å². The van der Waals surface area contributed by atoms with E-state index in [4.69, 9.17) is 21.4 Å². The van der Waals surface area contributed by atoms with E-state index in [2.05, 4.69) is 15.9 Å². The summed E-state index contributed by atoms with van der Waals surface area (Å²) in [6.07, 6.45) is -0.298. The predicted octanol–water partition coefficient (Wildman–Crippen LogP) is 1.97. The molecule has 1 fully saturated rings. The third kappa shape index (κ3) is 3.75. The first-order valence-corrected chi connectivity index (χ1v) is 8.70. The number of hydrogen-bond donors (Lipinski definition) is 1. The second-order valence-corrected chi connectivity index (χ2v) is 7.67. The molecule has 1 unspecified atom stereocenters. The van der Waals surface area contributed by atoms with Gasteiger partial charge in [0, 0.05) is 11.0 Å². The molecule has 1 atom stereocenters. The summed E-state index contributed by atoms with van der Waals surface area (Å²) in [7, 11) is -3.79. The fraction of sp³-hybridized carbons (Fsp3) is 0.417. The summed E-state index contributed by atoms with van der Waals surface area (Å²) in [4.78, 5) is 10.9. The van der Waals surface area contributed by atoms with Crippen molar-refractivity contribution in [3.63, 3.8) is 0 Å². The van der Waals surface area contributed by atoms with E-state index in [1.165, 1.54) is 22.5 Å². The fourth-order valence-electron chi connectivity index (χ4n) is 2.09. The molecule has 0 aromatic heterocycles. The monoisotopic (exact) mass is 397 g/mol. The van der Waals surface area contributed by atoms with Crippen molar-refractivity contribution in [2.24, 2.45) is 0 Å². The quantitative estimate of drug-likeness (QED) is 0.838. The van der Waals surface area contributed by atoms with Crippen LogP contribution in [0, 0.1) is 0 Å². The lowest BCUT2D eigenvalue weighted by molar-refractivity contribution is -0.139. The molecule has 6 nitrogen and oxygen atoms in total. The van der Waals surface area contributed by atoms with Crippen molar-refractivity contribution in [2.75, 3.05) is 19.8 Å². The summed E-state index contributed by atoms with van der Waals surface area (Å²) in [6, 6.07) is 3.57. The third-order valence-electron chi connectivity index (χ3n) is 3.08. The molecular formula is C12H13BrClNO5S. The molecule has 1 aromatic rings. The topological polar surface area (TPSA) is 83.9 Å². The van der Waals surface area contributed by atoms with Crippen LogP contribution in [0.5, 0.6) is 0 Å². The van der Waals surface area contributed by atoms with Crippen LogP contribution >= 0.6 is 27.5 Å². The second kappa shape index (κ2) is 6.62. The van der Waals surface area contributed by atoms with Crippen molar-refractivity contribution >= 4 is 43.5 Å². The molecule has 2 rings (SSSR count). The minimum atomic E-state index is -3.79. The van der Waals surface area contributed by atoms with Crippen molar-refractivity contribution in [2.45, 2.75) is 17.4 Å². The van der Waals surface area contributed by atoms with E-state index >= 15 is 0 Å². The van der Waals surface area contributed by atoms with Crippen molar-refractivity contribution in [1.82, 2.24) is 4.31 Å². The van der Waals surface area contributed by atoms with Crippen molar-refractivity contribution in [1.29, 1.82) is 0 Å². The molecule has 1 aliphatic rings. The number of aliphatic carboxylic acids is 1. The summed E-state index contributed by atoms with van der Waals surface area (Å²) >= 11 is 9.05. The number of sulfonamides is 1. The highest BCUT2D eigenvalue weighted by Crippen LogP contribution is 2.28. The van der Waals surface area contributed by atoms with E-state index in [-0.39, 0.29) is 31.1 Å². The van der Waals surface area contributed by atoms with Gasteiger partial charge < -0.3 is 9.84 Å². The smallest absolute Gasteiger partial charge is 0.305 e. The molecule has 21 heavy (non-hydrogen) atoms. The van der Waals surface area contributed by atoms with Gasteiger partial charge in [0.05, 0.1) is 35.6 Å². The Morgan fingerprint density at radius 1 is 1.52 bits per heavy atom. The van der Waals surface area contributed by atoms with Gasteiger partial charge in [0.25, 0.3) is 0 Å². The van der Waals surface area contributed by atoms with Crippen LogP contribution in [0.1, 0.15) is 6.42 Å². The van der Waals surface area contributed by atoms with Gasteiger partial charge in [-0.3, -0.25) is 4.79 Å². The van der Waals surface area contributed by atoms with Gasteiger partial charge in [0.1, 0.15) is 0 Å². The largest absolute Gasteiger partial charge is 0.481 e. The van der Waals surface area contributed by atoms with Gasteiger partial charge in [-0.1, -0.05) is 11.6 Å². The van der Waals surface area contributed by atoms with E-state index < -0.39 is 22.0 Å². The maximum atomic E-state index is 12.7. The number of carboxylic acids is 1. The lowest BCUT2D eigenvalue weighted by atomic mass is 10.2.